The highest BCUT2D eigenvalue weighted by molar-refractivity contribution is 5.69. The number of rotatable bonds is 3. The number of likely N-dealkylation sites (tertiary alicyclic amines) is 1. The van der Waals surface area contributed by atoms with Crippen molar-refractivity contribution in [2.45, 2.75) is 51.3 Å². The van der Waals surface area contributed by atoms with E-state index < -0.39 is 5.60 Å². The van der Waals surface area contributed by atoms with Crippen LogP contribution in [0.4, 0.5) is 4.79 Å². The van der Waals surface area contributed by atoms with E-state index in [1.807, 2.05) is 25.7 Å². The minimum absolute atomic E-state index is 0.181. The van der Waals surface area contributed by atoms with Crippen LogP contribution in [0.2, 0.25) is 0 Å². The molecule has 2 rings (SSSR count). The molecule has 2 heterocycles. The van der Waals surface area contributed by atoms with Crippen LogP contribution in [0.1, 0.15) is 33.6 Å². The summed E-state index contributed by atoms with van der Waals surface area (Å²) < 4.78 is 10.8. The molecule has 0 radical (unpaired) electrons. The average molecular weight is 270 g/mol. The number of hydrogen-bond acceptors (Lipinski definition) is 4. The summed E-state index contributed by atoms with van der Waals surface area (Å²) in [7, 11) is 2.12. The zero-order chi connectivity index (χ0) is 14.0. The van der Waals surface area contributed by atoms with Crippen LogP contribution in [0.25, 0.3) is 0 Å². The molecule has 0 aromatic heterocycles. The summed E-state index contributed by atoms with van der Waals surface area (Å²) in [5, 5.41) is 0. The van der Waals surface area contributed by atoms with Crippen molar-refractivity contribution in [3.05, 3.63) is 0 Å². The predicted octanol–water partition coefficient (Wildman–Crippen LogP) is 1.72. The van der Waals surface area contributed by atoms with Gasteiger partial charge in [-0.3, -0.25) is 4.90 Å². The molecule has 1 amide bonds. The van der Waals surface area contributed by atoms with Gasteiger partial charge in [-0.15, -0.1) is 0 Å². The van der Waals surface area contributed by atoms with Crippen LogP contribution in [0, 0.1) is 0 Å². The van der Waals surface area contributed by atoms with Crippen molar-refractivity contribution in [2.75, 3.05) is 33.4 Å². The van der Waals surface area contributed by atoms with Gasteiger partial charge in [0.15, 0.2) is 0 Å². The summed E-state index contributed by atoms with van der Waals surface area (Å²) in [6.07, 6.45) is 1.98. The Bertz CT molecular complexity index is 321. The van der Waals surface area contributed by atoms with Gasteiger partial charge in [0.05, 0.1) is 6.61 Å². The molecule has 2 atom stereocenters. The summed E-state index contributed by atoms with van der Waals surface area (Å²) in [6.45, 7) is 9.11. The number of hydrogen-bond donors (Lipinski definition) is 0. The molecule has 2 unspecified atom stereocenters. The van der Waals surface area contributed by atoms with Gasteiger partial charge in [0.1, 0.15) is 5.60 Å². The molecule has 19 heavy (non-hydrogen) atoms. The van der Waals surface area contributed by atoms with Gasteiger partial charge in [0.25, 0.3) is 0 Å². The lowest BCUT2D eigenvalue weighted by Gasteiger charge is -2.43. The standard InChI is InChI=1S/C14H26N2O3/c1-14(2,3)19-13(17)16-7-5-11(16)9-15(4)12-6-8-18-10-12/h11-12H,5-10H2,1-4H3. The summed E-state index contributed by atoms with van der Waals surface area (Å²) >= 11 is 0. The van der Waals surface area contributed by atoms with Crippen molar-refractivity contribution in [3.63, 3.8) is 0 Å². The highest BCUT2D eigenvalue weighted by Gasteiger charge is 2.36. The first-order valence-electron chi connectivity index (χ1n) is 7.14. The first-order chi connectivity index (χ1) is 8.87. The van der Waals surface area contributed by atoms with Crippen LogP contribution < -0.4 is 0 Å². The lowest BCUT2D eigenvalue weighted by Crippen LogP contribution is -2.57. The van der Waals surface area contributed by atoms with E-state index in [0.717, 1.165) is 39.1 Å². The molecule has 2 saturated heterocycles. The fourth-order valence-corrected chi connectivity index (χ4v) is 2.54. The number of carbonyl (C=O) groups excluding carboxylic acids is 1. The normalized spacial score (nSPS) is 27.5. The quantitative estimate of drug-likeness (QED) is 0.783. The van der Waals surface area contributed by atoms with E-state index in [4.69, 9.17) is 9.47 Å². The zero-order valence-corrected chi connectivity index (χ0v) is 12.5. The van der Waals surface area contributed by atoms with Gasteiger partial charge < -0.3 is 14.4 Å². The second-order valence-corrected chi connectivity index (χ2v) is 6.57. The van der Waals surface area contributed by atoms with E-state index in [2.05, 4.69) is 11.9 Å². The summed E-state index contributed by atoms with van der Waals surface area (Å²) in [5.74, 6) is 0. The Labute approximate surface area is 115 Å². The molecule has 0 spiro atoms. The van der Waals surface area contributed by atoms with Crippen LogP contribution in [-0.4, -0.2) is 66.9 Å². The van der Waals surface area contributed by atoms with Crippen molar-refractivity contribution < 1.29 is 14.3 Å². The molecule has 0 aliphatic carbocycles. The first-order valence-corrected chi connectivity index (χ1v) is 7.14. The van der Waals surface area contributed by atoms with Crippen molar-refractivity contribution in [3.8, 4) is 0 Å². The maximum atomic E-state index is 12.0. The van der Waals surface area contributed by atoms with Crippen molar-refractivity contribution >= 4 is 6.09 Å². The summed E-state index contributed by atoms with van der Waals surface area (Å²) in [5.41, 5.74) is -0.414. The maximum absolute atomic E-state index is 12.0. The van der Waals surface area contributed by atoms with E-state index in [1.165, 1.54) is 0 Å². The van der Waals surface area contributed by atoms with Crippen molar-refractivity contribution in [1.29, 1.82) is 0 Å². The van der Waals surface area contributed by atoms with Gasteiger partial charge in [-0.2, -0.15) is 0 Å². The van der Waals surface area contributed by atoms with E-state index in [1.54, 1.807) is 0 Å². The molecule has 110 valence electrons. The Balaban J connectivity index is 1.80. The Morgan fingerprint density at radius 3 is 2.63 bits per heavy atom. The summed E-state index contributed by atoms with van der Waals surface area (Å²) in [6, 6.07) is 0.793. The van der Waals surface area contributed by atoms with Gasteiger partial charge in [0, 0.05) is 31.8 Å². The number of nitrogens with zero attached hydrogens (tertiary/aromatic N) is 2. The summed E-state index contributed by atoms with van der Waals surface area (Å²) in [4.78, 5) is 16.2. The molecule has 0 aromatic carbocycles. The second-order valence-electron chi connectivity index (χ2n) is 6.57. The Morgan fingerprint density at radius 1 is 1.42 bits per heavy atom. The number of amides is 1. The number of likely N-dealkylation sites (N-methyl/N-ethyl adjacent to an activating group) is 1. The first kappa shape index (κ1) is 14.6. The molecule has 5 nitrogen and oxygen atoms in total. The van der Waals surface area contributed by atoms with E-state index in [9.17, 15) is 4.79 Å². The number of ether oxygens (including phenoxy) is 2. The molecular weight excluding hydrogens is 244 g/mol. The lowest BCUT2D eigenvalue weighted by atomic mass is 10.0. The fourth-order valence-electron chi connectivity index (χ4n) is 2.54. The molecule has 2 aliphatic heterocycles. The lowest BCUT2D eigenvalue weighted by molar-refractivity contribution is -0.0130. The van der Waals surface area contributed by atoms with E-state index in [-0.39, 0.29) is 6.09 Å². The molecule has 2 aliphatic rings. The fraction of sp³-hybridized carbons (Fsp3) is 0.929. The molecule has 0 saturated carbocycles. The Hall–Kier alpha value is -0.810. The van der Waals surface area contributed by atoms with Crippen LogP contribution in [-0.2, 0) is 9.47 Å². The van der Waals surface area contributed by atoms with Gasteiger partial charge in [0.2, 0.25) is 0 Å². The van der Waals surface area contributed by atoms with E-state index >= 15 is 0 Å². The minimum Gasteiger partial charge on any atom is -0.444 e. The van der Waals surface area contributed by atoms with Gasteiger partial charge in [-0.25, -0.2) is 4.79 Å². The second kappa shape index (κ2) is 5.67. The van der Waals surface area contributed by atoms with Crippen LogP contribution in [0.3, 0.4) is 0 Å². The third-order valence-electron chi connectivity index (χ3n) is 3.80. The molecule has 2 fully saturated rings. The van der Waals surface area contributed by atoms with Crippen LogP contribution in [0.5, 0.6) is 0 Å². The third kappa shape index (κ3) is 3.83. The highest BCUT2D eigenvalue weighted by atomic mass is 16.6. The minimum atomic E-state index is -0.414. The van der Waals surface area contributed by atoms with Crippen LogP contribution in [0.15, 0.2) is 0 Å². The van der Waals surface area contributed by atoms with Gasteiger partial charge >= 0.3 is 6.09 Å². The van der Waals surface area contributed by atoms with E-state index in [0.29, 0.717) is 12.1 Å². The molecule has 0 bridgehead atoms. The monoisotopic (exact) mass is 270 g/mol. The average Bonchev–Trinajstić information content (AvgIpc) is 2.74. The Kier molecular flexibility index (Phi) is 4.36. The smallest absolute Gasteiger partial charge is 0.410 e. The van der Waals surface area contributed by atoms with Crippen molar-refractivity contribution in [2.24, 2.45) is 0 Å². The topological polar surface area (TPSA) is 42.0 Å². The van der Waals surface area contributed by atoms with Gasteiger partial charge in [-0.1, -0.05) is 0 Å². The van der Waals surface area contributed by atoms with Gasteiger partial charge in [-0.05, 0) is 40.7 Å². The molecule has 0 aromatic rings. The zero-order valence-electron chi connectivity index (χ0n) is 12.5. The SMILES string of the molecule is CN(CC1CCN1C(=O)OC(C)(C)C)C1CCOC1. The number of carbonyl (C=O) groups is 1. The molecule has 5 heteroatoms. The molecule has 0 N–H and O–H groups in total. The third-order valence-corrected chi connectivity index (χ3v) is 3.80. The highest BCUT2D eigenvalue weighted by Crippen LogP contribution is 2.23. The Morgan fingerprint density at radius 2 is 2.16 bits per heavy atom. The molecular formula is C14H26N2O3. The van der Waals surface area contributed by atoms with Crippen LogP contribution >= 0.6 is 0 Å². The largest absolute Gasteiger partial charge is 0.444 e. The van der Waals surface area contributed by atoms with Crippen molar-refractivity contribution in [1.82, 2.24) is 9.80 Å². The predicted molar refractivity (Wildman–Crippen MR) is 73.2 cm³/mol. The maximum Gasteiger partial charge on any atom is 0.410 e.